The summed E-state index contributed by atoms with van der Waals surface area (Å²) in [6.45, 7) is 9.35. The number of carboxylic acid groups (broad SMARTS) is 1. The van der Waals surface area contributed by atoms with E-state index in [-0.39, 0.29) is 6.42 Å². The first-order valence-electron chi connectivity index (χ1n) is 12.2. The molecule has 1 aliphatic rings. The third-order valence-electron chi connectivity index (χ3n) is 6.72. The van der Waals surface area contributed by atoms with E-state index >= 15 is 0 Å². The molecular formula is C28H36N2O3. The molecule has 3 aromatic rings. The highest BCUT2D eigenvalue weighted by Crippen LogP contribution is 2.34. The predicted molar refractivity (Wildman–Crippen MR) is 133 cm³/mol. The van der Waals surface area contributed by atoms with Gasteiger partial charge in [-0.3, -0.25) is 9.69 Å². The van der Waals surface area contributed by atoms with E-state index in [9.17, 15) is 4.79 Å². The molecule has 0 atom stereocenters. The minimum absolute atomic E-state index is 0.0264. The average Bonchev–Trinajstić information content (AvgIpc) is 3.17. The van der Waals surface area contributed by atoms with Crippen LogP contribution >= 0.6 is 0 Å². The van der Waals surface area contributed by atoms with Gasteiger partial charge in [0.1, 0.15) is 12.4 Å². The van der Waals surface area contributed by atoms with Gasteiger partial charge >= 0.3 is 5.97 Å². The summed E-state index contributed by atoms with van der Waals surface area (Å²) in [7, 11) is 0. The molecule has 4 rings (SSSR count). The molecule has 0 bridgehead atoms. The summed E-state index contributed by atoms with van der Waals surface area (Å²) in [4.78, 5) is 13.4. The van der Waals surface area contributed by atoms with Crippen molar-refractivity contribution in [3.63, 3.8) is 0 Å². The van der Waals surface area contributed by atoms with Crippen LogP contribution in [0.4, 0.5) is 0 Å². The van der Waals surface area contributed by atoms with Gasteiger partial charge in [0.2, 0.25) is 0 Å². The van der Waals surface area contributed by atoms with Gasteiger partial charge in [0, 0.05) is 30.2 Å². The second-order valence-corrected chi connectivity index (χ2v) is 9.66. The Morgan fingerprint density at radius 1 is 1.09 bits per heavy atom. The van der Waals surface area contributed by atoms with Crippen LogP contribution in [0.3, 0.4) is 0 Å². The highest BCUT2D eigenvalue weighted by atomic mass is 16.5. The van der Waals surface area contributed by atoms with Gasteiger partial charge in [-0.25, -0.2) is 0 Å². The standard InChI is InChI=1S/C28H36N2O3/c1-21(2)10-15-30-20-26(25-8-3-4-9-27(25)30)23-11-13-29(14-12-23)16-17-33-24-7-5-6-22(18-24)19-28(31)32/h3-9,18,20-21,23H,10-17,19H2,1-2H3,(H,31,32). The summed E-state index contributed by atoms with van der Waals surface area (Å²) in [6.07, 6.45) is 5.99. The molecule has 33 heavy (non-hydrogen) atoms. The highest BCUT2D eigenvalue weighted by Gasteiger charge is 2.23. The van der Waals surface area contributed by atoms with E-state index in [2.05, 4.69) is 53.8 Å². The fourth-order valence-electron chi connectivity index (χ4n) is 4.86. The number of aromatic nitrogens is 1. The molecular weight excluding hydrogens is 412 g/mol. The molecule has 0 aliphatic carbocycles. The van der Waals surface area contributed by atoms with Crippen LogP contribution in [0.25, 0.3) is 10.9 Å². The van der Waals surface area contributed by atoms with Gasteiger partial charge in [-0.05, 0) is 73.5 Å². The Morgan fingerprint density at radius 2 is 1.88 bits per heavy atom. The fourth-order valence-corrected chi connectivity index (χ4v) is 4.86. The van der Waals surface area contributed by atoms with Gasteiger partial charge in [-0.15, -0.1) is 0 Å². The van der Waals surface area contributed by atoms with Crippen LogP contribution in [0.1, 0.15) is 50.2 Å². The Kier molecular flexibility index (Phi) is 7.71. The Balaban J connectivity index is 1.30. The average molecular weight is 449 g/mol. The van der Waals surface area contributed by atoms with Gasteiger partial charge in [-0.2, -0.15) is 0 Å². The minimum Gasteiger partial charge on any atom is -0.492 e. The van der Waals surface area contributed by atoms with Crippen LogP contribution in [0.15, 0.2) is 54.7 Å². The highest BCUT2D eigenvalue weighted by molar-refractivity contribution is 5.84. The molecule has 0 spiro atoms. The predicted octanol–water partition coefficient (Wildman–Crippen LogP) is 5.57. The van der Waals surface area contributed by atoms with Crippen molar-refractivity contribution in [1.29, 1.82) is 0 Å². The number of para-hydroxylation sites is 1. The quantitative estimate of drug-likeness (QED) is 0.440. The zero-order valence-corrected chi connectivity index (χ0v) is 19.9. The van der Waals surface area contributed by atoms with Crippen molar-refractivity contribution in [2.45, 2.75) is 52.0 Å². The number of likely N-dealkylation sites (tertiary alicyclic amines) is 1. The molecule has 2 heterocycles. The number of nitrogens with zero attached hydrogens (tertiary/aromatic N) is 2. The summed E-state index contributed by atoms with van der Waals surface area (Å²) in [5.41, 5.74) is 3.66. The monoisotopic (exact) mass is 448 g/mol. The van der Waals surface area contributed by atoms with Crippen molar-refractivity contribution >= 4 is 16.9 Å². The molecule has 176 valence electrons. The van der Waals surface area contributed by atoms with Crippen molar-refractivity contribution < 1.29 is 14.6 Å². The van der Waals surface area contributed by atoms with Gasteiger partial charge in [0.15, 0.2) is 0 Å². The maximum atomic E-state index is 10.9. The maximum Gasteiger partial charge on any atom is 0.307 e. The molecule has 2 aromatic carbocycles. The number of benzene rings is 2. The molecule has 0 amide bonds. The number of aliphatic carboxylic acids is 1. The van der Waals surface area contributed by atoms with Crippen molar-refractivity contribution in [3.05, 3.63) is 65.9 Å². The van der Waals surface area contributed by atoms with Crippen LogP contribution in [-0.2, 0) is 17.8 Å². The number of rotatable bonds is 10. The van der Waals surface area contributed by atoms with Crippen molar-refractivity contribution in [1.82, 2.24) is 9.47 Å². The number of carbonyl (C=O) groups is 1. The SMILES string of the molecule is CC(C)CCn1cc(C2CCN(CCOc3cccc(CC(=O)O)c3)CC2)c2ccccc21. The van der Waals surface area contributed by atoms with Crippen LogP contribution in [0.5, 0.6) is 5.75 Å². The van der Waals surface area contributed by atoms with E-state index in [1.165, 1.54) is 35.7 Å². The molecule has 0 saturated carbocycles. The second-order valence-electron chi connectivity index (χ2n) is 9.66. The number of piperidine rings is 1. The number of ether oxygens (including phenoxy) is 1. The normalized spacial score (nSPS) is 15.4. The van der Waals surface area contributed by atoms with Crippen LogP contribution in [0.2, 0.25) is 0 Å². The zero-order valence-electron chi connectivity index (χ0n) is 19.9. The van der Waals surface area contributed by atoms with E-state index in [4.69, 9.17) is 9.84 Å². The lowest BCUT2D eigenvalue weighted by atomic mass is 9.89. The van der Waals surface area contributed by atoms with Crippen molar-refractivity contribution in [3.8, 4) is 5.75 Å². The number of aryl methyl sites for hydroxylation is 1. The first-order valence-corrected chi connectivity index (χ1v) is 12.2. The largest absolute Gasteiger partial charge is 0.492 e. The van der Waals surface area contributed by atoms with Gasteiger partial charge in [0.05, 0.1) is 6.42 Å². The Hall–Kier alpha value is -2.79. The molecule has 1 N–H and O–H groups in total. The molecule has 0 unspecified atom stereocenters. The summed E-state index contributed by atoms with van der Waals surface area (Å²) >= 11 is 0. The summed E-state index contributed by atoms with van der Waals surface area (Å²) < 4.78 is 8.37. The van der Waals surface area contributed by atoms with Crippen molar-refractivity contribution in [2.75, 3.05) is 26.2 Å². The third kappa shape index (κ3) is 6.17. The third-order valence-corrected chi connectivity index (χ3v) is 6.72. The second kappa shape index (κ2) is 10.9. The number of hydrogen-bond donors (Lipinski definition) is 1. The first-order chi connectivity index (χ1) is 16.0. The van der Waals surface area contributed by atoms with Gasteiger partial charge in [-0.1, -0.05) is 44.2 Å². The summed E-state index contributed by atoms with van der Waals surface area (Å²) in [5.74, 6) is 1.25. The molecule has 0 radical (unpaired) electrons. The Labute approximate surface area is 197 Å². The minimum atomic E-state index is -0.821. The van der Waals surface area contributed by atoms with Gasteiger partial charge in [0.25, 0.3) is 0 Å². The molecule has 5 heteroatoms. The topological polar surface area (TPSA) is 54.7 Å². The first kappa shape index (κ1) is 23.4. The van der Waals surface area contributed by atoms with Crippen LogP contribution < -0.4 is 4.74 Å². The molecule has 1 aliphatic heterocycles. The number of carboxylic acids is 1. The van der Waals surface area contributed by atoms with Gasteiger partial charge < -0.3 is 14.4 Å². The van der Waals surface area contributed by atoms with E-state index in [1.54, 1.807) is 0 Å². The Morgan fingerprint density at radius 3 is 2.64 bits per heavy atom. The van der Waals surface area contributed by atoms with Crippen LogP contribution in [0, 0.1) is 5.92 Å². The van der Waals surface area contributed by atoms with Crippen molar-refractivity contribution in [2.24, 2.45) is 5.92 Å². The summed E-state index contributed by atoms with van der Waals surface area (Å²) in [5, 5.41) is 10.4. The Bertz CT molecular complexity index is 1060. The maximum absolute atomic E-state index is 10.9. The number of hydrogen-bond acceptors (Lipinski definition) is 3. The van der Waals surface area contributed by atoms with E-state index in [0.717, 1.165) is 37.5 Å². The lowest BCUT2D eigenvalue weighted by Crippen LogP contribution is -2.35. The zero-order chi connectivity index (χ0) is 23.2. The van der Waals surface area contributed by atoms with E-state index < -0.39 is 5.97 Å². The number of fused-ring (bicyclic) bond motifs is 1. The lowest BCUT2D eigenvalue weighted by Gasteiger charge is -2.31. The fraction of sp³-hybridized carbons (Fsp3) is 0.464. The lowest BCUT2D eigenvalue weighted by molar-refractivity contribution is -0.136. The molecule has 5 nitrogen and oxygen atoms in total. The molecule has 1 saturated heterocycles. The van der Waals surface area contributed by atoms with Crippen LogP contribution in [-0.4, -0.2) is 46.8 Å². The summed E-state index contributed by atoms with van der Waals surface area (Å²) in [6, 6.07) is 16.3. The van der Waals surface area contributed by atoms with E-state index in [1.807, 2.05) is 24.3 Å². The molecule has 1 aromatic heterocycles. The smallest absolute Gasteiger partial charge is 0.307 e. The molecule has 1 fully saturated rings. The van der Waals surface area contributed by atoms with E-state index in [0.29, 0.717) is 18.4 Å².